The molecule has 1 heterocycles. The first-order valence-corrected chi connectivity index (χ1v) is 8.29. The van der Waals surface area contributed by atoms with Crippen molar-refractivity contribution < 1.29 is 19.5 Å². The Morgan fingerprint density at radius 3 is 2.58 bits per heavy atom. The van der Waals surface area contributed by atoms with E-state index >= 15 is 0 Å². The van der Waals surface area contributed by atoms with Gasteiger partial charge in [-0.15, -0.1) is 0 Å². The molecule has 146 valence electrons. The Morgan fingerprint density at radius 1 is 1.31 bits per heavy atom. The largest absolute Gasteiger partial charge is 0.480 e. The minimum absolute atomic E-state index is 0.0834. The van der Waals surface area contributed by atoms with Gasteiger partial charge in [0, 0.05) is 13.1 Å². The van der Waals surface area contributed by atoms with Gasteiger partial charge in [0.2, 0.25) is 11.8 Å². The van der Waals surface area contributed by atoms with Crippen molar-refractivity contribution in [2.24, 2.45) is 27.9 Å². The number of nitrogens with one attached hydrogen (secondary N) is 1. The summed E-state index contributed by atoms with van der Waals surface area (Å²) in [6, 6.07) is -2.81. The molecule has 0 unspecified atom stereocenters. The number of hydrogen-bond donors (Lipinski definition) is 6. The van der Waals surface area contributed by atoms with E-state index in [1.165, 1.54) is 4.90 Å². The quantitative estimate of drug-likeness (QED) is 0.101. The number of aliphatic imine (C=N–C) groups is 1. The third-order valence-electron chi connectivity index (χ3n) is 3.86. The number of amides is 2. The van der Waals surface area contributed by atoms with Crippen LogP contribution in [-0.2, 0) is 14.4 Å². The molecule has 0 saturated carbocycles. The van der Waals surface area contributed by atoms with Crippen LogP contribution in [0.15, 0.2) is 17.1 Å². The molecule has 0 spiro atoms. The Hall–Kier alpha value is -2.66. The maximum Gasteiger partial charge on any atom is 0.326 e. The number of guanidine groups is 1. The molecule has 0 bridgehead atoms. The summed E-state index contributed by atoms with van der Waals surface area (Å²) in [6.45, 7) is 0.739. The van der Waals surface area contributed by atoms with Crippen LogP contribution >= 0.6 is 0 Å². The summed E-state index contributed by atoms with van der Waals surface area (Å²) in [7, 11) is 0. The van der Waals surface area contributed by atoms with Gasteiger partial charge in [-0.05, 0) is 25.8 Å². The number of carbonyl (C=O) groups is 3. The fourth-order valence-electron chi connectivity index (χ4n) is 2.51. The average Bonchev–Trinajstić information content (AvgIpc) is 3.06. The highest BCUT2D eigenvalue weighted by Gasteiger charge is 2.34. The predicted octanol–water partition coefficient (Wildman–Crippen LogP) is -2.95. The maximum absolute atomic E-state index is 12.4. The normalized spacial score (nSPS) is 18.2. The van der Waals surface area contributed by atoms with Crippen molar-refractivity contribution in [1.29, 1.82) is 0 Å². The van der Waals surface area contributed by atoms with Gasteiger partial charge in [0.25, 0.3) is 0 Å². The summed E-state index contributed by atoms with van der Waals surface area (Å²) in [4.78, 5) is 41.2. The second-order valence-corrected chi connectivity index (χ2v) is 5.90. The van der Waals surface area contributed by atoms with Gasteiger partial charge in [-0.2, -0.15) is 0 Å². The third-order valence-corrected chi connectivity index (χ3v) is 3.86. The predicted molar refractivity (Wildman–Crippen MR) is 95.8 cm³/mol. The Labute approximate surface area is 151 Å². The smallest absolute Gasteiger partial charge is 0.326 e. The zero-order valence-corrected chi connectivity index (χ0v) is 14.5. The zero-order chi connectivity index (χ0) is 19.7. The van der Waals surface area contributed by atoms with Crippen LogP contribution in [-0.4, -0.2) is 71.5 Å². The second-order valence-electron chi connectivity index (χ2n) is 5.90. The summed E-state index contributed by atoms with van der Waals surface area (Å²) >= 11 is 0. The van der Waals surface area contributed by atoms with Crippen molar-refractivity contribution in [3.63, 3.8) is 0 Å². The van der Waals surface area contributed by atoms with E-state index in [-0.39, 0.29) is 32.0 Å². The Morgan fingerprint density at radius 2 is 2.00 bits per heavy atom. The van der Waals surface area contributed by atoms with Gasteiger partial charge < -0.3 is 38.3 Å². The van der Waals surface area contributed by atoms with E-state index < -0.39 is 35.9 Å². The van der Waals surface area contributed by atoms with E-state index in [0.717, 1.165) is 0 Å². The molecule has 0 aromatic carbocycles. The molecule has 0 aromatic rings. The summed E-state index contributed by atoms with van der Waals surface area (Å²) in [5, 5.41) is 11.7. The van der Waals surface area contributed by atoms with Crippen LogP contribution in [0.25, 0.3) is 0 Å². The molecule has 1 aliphatic rings. The topological polar surface area (TPSA) is 203 Å². The molecule has 0 radical (unpaired) electrons. The van der Waals surface area contributed by atoms with Crippen LogP contribution in [0.5, 0.6) is 0 Å². The van der Waals surface area contributed by atoms with E-state index in [0.29, 0.717) is 12.8 Å². The molecule has 0 fully saturated rings. The lowest BCUT2D eigenvalue weighted by atomic mass is 10.1. The van der Waals surface area contributed by atoms with E-state index in [2.05, 4.69) is 10.3 Å². The number of aliphatic carboxylic acids is 1. The van der Waals surface area contributed by atoms with Gasteiger partial charge in [-0.25, -0.2) is 4.79 Å². The highest BCUT2D eigenvalue weighted by molar-refractivity contribution is 5.93. The van der Waals surface area contributed by atoms with Crippen LogP contribution < -0.4 is 28.3 Å². The van der Waals surface area contributed by atoms with Crippen molar-refractivity contribution >= 4 is 23.7 Å². The minimum Gasteiger partial charge on any atom is -0.480 e. The lowest BCUT2D eigenvalue weighted by molar-refractivity contribution is -0.143. The van der Waals surface area contributed by atoms with Crippen LogP contribution in [0, 0.1) is 0 Å². The number of rotatable bonds is 10. The van der Waals surface area contributed by atoms with E-state index in [1.807, 2.05) is 0 Å². The van der Waals surface area contributed by atoms with Crippen molar-refractivity contribution in [2.75, 3.05) is 19.6 Å². The van der Waals surface area contributed by atoms with Crippen LogP contribution in [0.1, 0.15) is 19.3 Å². The van der Waals surface area contributed by atoms with Crippen molar-refractivity contribution in [3.05, 3.63) is 12.2 Å². The van der Waals surface area contributed by atoms with Gasteiger partial charge >= 0.3 is 5.97 Å². The fraction of sp³-hybridized carbons (Fsp3) is 0.600. The lowest BCUT2D eigenvalue weighted by Gasteiger charge is -2.27. The number of carboxylic acids is 1. The molecule has 3 atom stereocenters. The van der Waals surface area contributed by atoms with Crippen LogP contribution in [0.3, 0.4) is 0 Å². The first kappa shape index (κ1) is 21.4. The first-order valence-electron chi connectivity index (χ1n) is 8.29. The molecule has 11 nitrogen and oxygen atoms in total. The van der Waals surface area contributed by atoms with Crippen molar-refractivity contribution in [3.8, 4) is 0 Å². The van der Waals surface area contributed by atoms with Gasteiger partial charge in [-0.1, -0.05) is 12.2 Å². The van der Waals surface area contributed by atoms with Crippen molar-refractivity contribution in [2.45, 2.75) is 37.4 Å². The molecule has 1 rings (SSSR count). The van der Waals surface area contributed by atoms with E-state index in [4.69, 9.17) is 22.9 Å². The first-order chi connectivity index (χ1) is 12.3. The summed E-state index contributed by atoms with van der Waals surface area (Å²) < 4.78 is 0. The summed E-state index contributed by atoms with van der Waals surface area (Å²) in [6.07, 6.45) is 4.02. The maximum atomic E-state index is 12.4. The Kier molecular flexibility index (Phi) is 8.52. The number of nitrogens with two attached hydrogens (primary N) is 4. The third kappa shape index (κ3) is 6.33. The molecule has 1 aliphatic heterocycles. The lowest BCUT2D eigenvalue weighted by Crippen LogP contribution is -2.54. The highest BCUT2D eigenvalue weighted by atomic mass is 16.4. The molecule has 0 saturated heterocycles. The number of carboxylic acid groups (broad SMARTS) is 1. The van der Waals surface area contributed by atoms with Gasteiger partial charge in [0.1, 0.15) is 12.1 Å². The molecule has 2 amide bonds. The summed E-state index contributed by atoms with van der Waals surface area (Å²) in [5.41, 5.74) is 21.6. The van der Waals surface area contributed by atoms with Crippen LogP contribution in [0.2, 0.25) is 0 Å². The average molecular weight is 369 g/mol. The van der Waals surface area contributed by atoms with Crippen LogP contribution in [0.4, 0.5) is 0 Å². The molecular formula is C15H27N7O4. The van der Waals surface area contributed by atoms with E-state index in [1.54, 1.807) is 12.2 Å². The molecule has 10 N–H and O–H groups in total. The zero-order valence-electron chi connectivity index (χ0n) is 14.5. The van der Waals surface area contributed by atoms with Gasteiger partial charge in [-0.3, -0.25) is 14.6 Å². The fourth-order valence-corrected chi connectivity index (χ4v) is 2.51. The SMILES string of the molecule is NCC[C@H](N)C(=O)N1CC=C[C@H]1C(=O)N[C@@H](CCCN=C(N)N)C(=O)O. The van der Waals surface area contributed by atoms with Gasteiger partial charge in [0.15, 0.2) is 5.96 Å². The molecular weight excluding hydrogens is 342 g/mol. The number of nitrogens with zero attached hydrogens (tertiary/aromatic N) is 2. The second kappa shape index (κ2) is 10.4. The highest BCUT2D eigenvalue weighted by Crippen LogP contribution is 2.13. The van der Waals surface area contributed by atoms with Crippen molar-refractivity contribution in [1.82, 2.24) is 10.2 Å². The van der Waals surface area contributed by atoms with Gasteiger partial charge in [0.05, 0.1) is 6.04 Å². The molecule has 0 aromatic heterocycles. The standard InChI is InChI=1S/C15H27N7O4/c16-6-5-9(17)13(24)22-8-2-4-11(22)12(23)21-10(14(25)26)3-1-7-20-15(18)19/h2,4,9-11H,1,3,5-8,16-17H2,(H,21,23)(H,25,26)(H4,18,19,20)/t9-,10-,11-/m0/s1. The van der Waals surface area contributed by atoms with E-state index in [9.17, 15) is 19.5 Å². The Bertz CT molecular complexity index is 574. The number of carbonyl (C=O) groups excluding carboxylic acids is 2. The Balaban J connectivity index is 2.66. The number of hydrogen-bond acceptors (Lipinski definition) is 6. The molecule has 11 heteroatoms. The monoisotopic (exact) mass is 369 g/mol. The minimum atomic E-state index is -1.18. The molecule has 26 heavy (non-hydrogen) atoms. The molecule has 0 aliphatic carbocycles. The summed E-state index contributed by atoms with van der Waals surface area (Å²) in [5.74, 6) is -2.25.